The first-order valence-corrected chi connectivity index (χ1v) is 10.3. The summed E-state index contributed by atoms with van der Waals surface area (Å²) in [6.45, 7) is 0.285. The van der Waals surface area contributed by atoms with Gasteiger partial charge in [0, 0.05) is 29.8 Å². The third kappa shape index (κ3) is 2.32. The van der Waals surface area contributed by atoms with E-state index in [9.17, 15) is 9.59 Å². The van der Waals surface area contributed by atoms with Crippen molar-refractivity contribution in [1.82, 2.24) is 9.88 Å². The van der Waals surface area contributed by atoms with Gasteiger partial charge in [0.25, 0.3) is 0 Å². The summed E-state index contributed by atoms with van der Waals surface area (Å²) in [5.41, 5.74) is 2.74. The Kier molecular flexibility index (Phi) is 3.75. The van der Waals surface area contributed by atoms with Gasteiger partial charge in [-0.3, -0.25) is 19.5 Å². The van der Waals surface area contributed by atoms with Crippen LogP contribution in [0, 0.1) is 29.6 Å². The van der Waals surface area contributed by atoms with E-state index in [4.69, 9.17) is 9.57 Å². The SMILES string of the molecule is COc1ccc(C2=NO[C@@H]3[C@H]4C[C@H]([C@H]5C(=O)N(Cc6cccnc6)C(=O)[C@@H]45)[C@H]23)cc1. The lowest BCUT2D eigenvalue weighted by molar-refractivity contribution is -0.141. The van der Waals surface area contributed by atoms with Crippen molar-refractivity contribution < 1.29 is 19.2 Å². The summed E-state index contributed by atoms with van der Waals surface area (Å²) in [5, 5.41) is 4.38. The maximum Gasteiger partial charge on any atom is 0.233 e. The number of likely N-dealkylation sites (tertiary alicyclic amines) is 1. The lowest BCUT2D eigenvalue weighted by Crippen LogP contribution is -2.41. The number of pyridine rings is 1. The molecule has 0 N–H and O–H groups in total. The molecule has 0 unspecified atom stereocenters. The van der Waals surface area contributed by atoms with Crippen LogP contribution >= 0.6 is 0 Å². The first-order chi connectivity index (χ1) is 14.7. The van der Waals surface area contributed by atoms with Crippen molar-refractivity contribution in [3.8, 4) is 5.75 Å². The molecule has 2 aromatic rings. The maximum atomic E-state index is 13.3. The zero-order valence-corrected chi connectivity index (χ0v) is 16.5. The van der Waals surface area contributed by atoms with Crippen LogP contribution in [0.3, 0.4) is 0 Å². The molecule has 1 aromatic carbocycles. The number of rotatable bonds is 4. The number of amides is 2. The van der Waals surface area contributed by atoms with Crippen LogP contribution in [0.1, 0.15) is 17.5 Å². The van der Waals surface area contributed by atoms with E-state index in [1.165, 1.54) is 4.90 Å². The van der Waals surface area contributed by atoms with Gasteiger partial charge in [-0.25, -0.2) is 0 Å². The Morgan fingerprint density at radius 3 is 2.53 bits per heavy atom. The van der Waals surface area contributed by atoms with Gasteiger partial charge in [-0.15, -0.1) is 0 Å². The number of carbonyl (C=O) groups excluding carboxylic acids is 2. The van der Waals surface area contributed by atoms with E-state index in [2.05, 4.69) is 10.1 Å². The van der Waals surface area contributed by atoms with E-state index < -0.39 is 0 Å². The Balaban J connectivity index is 1.28. The standard InChI is InChI=1S/C23H21N3O4/c1-29-14-6-4-13(5-7-14)20-19-15-9-16(21(19)30-25-20)18-17(15)22(27)26(23(18)28)11-12-3-2-8-24-10-12/h2-8,10,15-19,21H,9,11H2,1H3/t15-,16+,17-,18+,19-,21-/m1/s1. The Hall–Kier alpha value is -3.22. The molecule has 152 valence electrons. The highest BCUT2D eigenvalue weighted by molar-refractivity contribution is 6.08. The van der Waals surface area contributed by atoms with Crippen LogP contribution in [0.15, 0.2) is 53.9 Å². The van der Waals surface area contributed by atoms with Gasteiger partial charge in [-0.2, -0.15) is 0 Å². The van der Waals surface area contributed by atoms with Gasteiger partial charge in [0.1, 0.15) is 11.9 Å². The first kappa shape index (κ1) is 17.6. The Morgan fingerprint density at radius 2 is 1.83 bits per heavy atom. The minimum atomic E-state index is -0.286. The molecule has 7 nitrogen and oxygen atoms in total. The van der Waals surface area contributed by atoms with Crippen molar-refractivity contribution in [2.75, 3.05) is 7.11 Å². The molecule has 2 bridgehead atoms. The van der Waals surface area contributed by atoms with Crippen molar-refractivity contribution in [3.63, 3.8) is 0 Å². The van der Waals surface area contributed by atoms with Crippen LogP contribution in [-0.4, -0.2) is 40.6 Å². The number of ether oxygens (including phenoxy) is 1. The van der Waals surface area contributed by atoms with E-state index in [1.807, 2.05) is 36.4 Å². The summed E-state index contributed by atoms with van der Waals surface area (Å²) in [6, 6.07) is 11.5. The number of fused-ring (bicyclic) bond motifs is 8. The Morgan fingerprint density at radius 1 is 1.07 bits per heavy atom. The van der Waals surface area contributed by atoms with Crippen LogP contribution in [-0.2, 0) is 21.0 Å². The molecule has 2 amide bonds. The molecule has 6 atom stereocenters. The van der Waals surface area contributed by atoms with Crippen LogP contribution < -0.4 is 4.74 Å². The van der Waals surface area contributed by atoms with Gasteiger partial charge in [0.15, 0.2) is 0 Å². The van der Waals surface area contributed by atoms with Crippen LogP contribution in [0.5, 0.6) is 5.75 Å². The fourth-order valence-electron chi connectivity index (χ4n) is 6.02. The lowest BCUT2D eigenvalue weighted by Gasteiger charge is -2.29. The molecule has 1 saturated heterocycles. The summed E-state index contributed by atoms with van der Waals surface area (Å²) < 4.78 is 5.25. The molecule has 7 heteroatoms. The summed E-state index contributed by atoms with van der Waals surface area (Å²) in [6.07, 6.45) is 4.11. The van der Waals surface area contributed by atoms with E-state index in [0.29, 0.717) is 0 Å². The average Bonchev–Trinajstić information content (AvgIpc) is 3.52. The average molecular weight is 403 g/mol. The zero-order valence-electron chi connectivity index (χ0n) is 16.5. The minimum absolute atomic E-state index is 0.0415. The summed E-state index contributed by atoms with van der Waals surface area (Å²) in [7, 11) is 1.64. The number of hydrogen-bond donors (Lipinski definition) is 0. The van der Waals surface area contributed by atoms with E-state index in [-0.39, 0.29) is 54.1 Å². The number of oxime groups is 1. The number of aromatic nitrogens is 1. The third-order valence-corrected chi connectivity index (χ3v) is 7.23. The summed E-state index contributed by atoms with van der Waals surface area (Å²) >= 11 is 0. The molecule has 2 saturated carbocycles. The highest BCUT2D eigenvalue weighted by Crippen LogP contribution is 2.61. The molecule has 1 aromatic heterocycles. The van der Waals surface area contributed by atoms with Crippen molar-refractivity contribution >= 4 is 17.5 Å². The molecular formula is C23H21N3O4. The maximum absolute atomic E-state index is 13.3. The molecule has 2 aliphatic heterocycles. The summed E-state index contributed by atoms with van der Waals surface area (Å²) in [5.74, 6) is 0.284. The van der Waals surface area contributed by atoms with Gasteiger partial charge in [-0.05, 0) is 48.2 Å². The third-order valence-electron chi connectivity index (χ3n) is 7.23. The largest absolute Gasteiger partial charge is 0.497 e. The molecule has 0 radical (unpaired) electrons. The van der Waals surface area contributed by atoms with Crippen molar-refractivity contribution in [2.45, 2.75) is 19.1 Å². The number of nitrogens with zero attached hydrogens (tertiary/aromatic N) is 3. The first-order valence-electron chi connectivity index (χ1n) is 10.3. The molecule has 6 rings (SSSR count). The number of methoxy groups -OCH3 is 1. The van der Waals surface area contributed by atoms with Gasteiger partial charge in [0.2, 0.25) is 11.8 Å². The number of benzene rings is 1. The van der Waals surface area contributed by atoms with Gasteiger partial charge in [-0.1, -0.05) is 11.2 Å². The van der Waals surface area contributed by atoms with Crippen LogP contribution in [0.2, 0.25) is 0 Å². The molecule has 3 fully saturated rings. The summed E-state index contributed by atoms with van der Waals surface area (Å²) in [4.78, 5) is 37.8. The smallest absolute Gasteiger partial charge is 0.233 e. The second kappa shape index (κ2) is 6.39. The number of carbonyl (C=O) groups is 2. The quantitative estimate of drug-likeness (QED) is 0.732. The van der Waals surface area contributed by atoms with E-state index in [0.717, 1.165) is 29.0 Å². The number of hydrogen-bond acceptors (Lipinski definition) is 6. The Labute approximate surface area is 173 Å². The molecule has 2 aliphatic carbocycles. The fourth-order valence-corrected chi connectivity index (χ4v) is 6.02. The molecular weight excluding hydrogens is 382 g/mol. The lowest BCUT2D eigenvalue weighted by atomic mass is 9.71. The van der Waals surface area contributed by atoms with Crippen molar-refractivity contribution in [2.24, 2.45) is 34.7 Å². The van der Waals surface area contributed by atoms with Crippen molar-refractivity contribution in [3.05, 3.63) is 59.9 Å². The van der Waals surface area contributed by atoms with Gasteiger partial charge in [0.05, 0.1) is 31.2 Å². The zero-order chi connectivity index (χ0) is 20.4. The molecule has 0 spiro atoms. The normalized spacial score (nSPS) is 33.4. The van der Waals surface area contributed by atoms with Gasteiger partial charge < -0.3 is 9.57 Å². The second-order valence-electron chi connectivity index (χ2n) is 8.54. The minimum Gasteiger partial charge on any atom is -0.497 e. The molecule has 3 heterocycles. The highest BCUT2D eigenvalue weighted by Gasteiger charge is 2.70. The molecule has 30 heavy (non-hydrogen) atoms. The predicted octanol–water partition coefficient (Wildman–Crippen LogP) is 2.26. The fraction of sp³-hybridized carbons (Fsp3) is 0.391. The highest BCUT2D eigenvalue weighted by atomic mass is 16.6. The topological polar surface area (TPSA) is 81.1 Å². The predicted molar refractivity (Wildman–Crippen MR) is 106 cm³/mol. The number of imide groups is 1. The van der Waals surface area contributed by atoms with Crippen molar-refractivity contribution in [1.29, 1.82) is 0 Å². The van der Waals surface area contributed by atoms with Crippen LogP contribution in [0.25, 0.3) is 0 Å². The second-order valence-corrected chi connectivity index (χ2v) is 8.54. The van der Waals surface area contributed by atoms with E-state index in [1.54, 1.807) is 19.5 Å². The van der Waals surface area contributed by atoms with E-state index >= 15 is 0 Å². The van der Waals surface area contributed by atoms with Crippen LogP contribution in [0.4, 0.5) is 0 Å². The molecule has 4 aliphatic rings. The monoisotopic (exact) mass is 403 g/mol. The van der Waals surface area contributed by atoms with Gasteiger partial charge >= 0.3 is 0 Å². The Bertz CT molecular complexity index is 1050.